The van der Waals surface area contributed by atoms with Crippen molar-refractivity contribution in [1.29, 1.82) is 0 Å². The molecule has 4 rings (SSSR count). The van der Waals surface area contributed by atoms with Gasteiger partial charge in [-0.2, -0.15) is 9.49 Å². The molecule has 0 radical (unpaired) electrons. The maximum atomic E-state index is 13.9. The first-order valence-corrected chi connectivity index (χ1v) is 9.02. The normalized spacial score (nSPS) is 10.5. The highest BCUT2D eigenvalue weighted by atomic mass is 19.1. The average molecular weight is 421 g/mol. The van der Waals surface area contributed by atoms with Crippen LogP contribution in [0.25, 0.3) is 5.69 Å². The lowest BCUT2D eigenvalue weighted by molar-refractivity contribution is -0.387. The van der Waals surface area contributed by atoms with Crippen LogP contribution in [-0.2, 0) is 0 Å². The standard InChI is InChI=1S/C20H16FN7O3/c1-31-18-9-13(21)17(28(29)30)10-15(18)26-20-11-19(22-12-23-20)25-14-5-2-3-6-16(14)27-8-4-7-24-27/h2-12H,1H3,(H2,22,23,25,26). The number of para-hydroxylation sites is 2. The Morgan fingerprint density at radius 3 is 2.48 bits per heavy atom. The fourth-order valence-electron chi connectivity index (χ4n) is 2.91. The van der Waals surface area contributed by atoms with Crippen LogP contribution in [0.2, 0.25) is 0 Å². The Hall–Kier alpha value is -4.54. The molecular weight excluding hydrogens is 405 g/mol. The Labute approximate surface area is 175 Å². The third kappa shape index (κ3) is 4.24. The second-order valence-electron chi connectivity index (χ2n) is 6.27. The number of nitro groups is 1. The number of hydrogen-bond donors (Lipinski definition) is 2. The van der Waals surface area contributed by atoms with Gasteiger partial charge in [-0.15, -0.1) is 0 Å². The molecule has 0 saturated carbocycles. The molecule has 0 unspecified atom stereocenters. The van der Waals surface area contributed by atoms with E-state index in [0.29, 0.717) is 11.6 Å². The minimum absolute atomic E-state index is 0.0975. The second-order valence-corrected chi connectivity index (χ2v) is 6.27. The predicted molar refractivity (Wildman–Crippen MR) is 112 cm³/mol. The molecule has 0 atom stereocenters. The van der Waals surface area contributed by atoms with Gasteiger partial charge in [-0.1, -0.05) is 12.1 Å². The molecule has 0 saturated heterocycles. The van der Waals surface area contributed by atoms with E-state index in [2.05, 4.69) is 25.7 Å². The zero-order valence-electron chi connectivity index (χ0n) is 16.2. The number of benzene rings is 2. The van der Waals surface area contributed by atoms with E-state index in [0.717, 1.165) is 23.5 Å². The maximum Gasteiger partial charge on any atom is 0.307 e. The topological polar surface area (TPSA) is 120 Å². The smallest absolute Gasteiger partial charge is 0.307 e. The molecule has 0 aliphatic carbocycles. The summed E-state index contributed by atoms with van der Waals surface area (Å²) < 4.78 is 20.7. The Balaban J connectivity index is 1.62. The van der Waals surface area contributed by atoms with E-state index in [1.165, 1.54) is 13.4 Å². The summed E-state index contributed by atoms with van der Waals surface area (Å²) in [7, 11) is 1.34. The minimum Gasteiger partial charge on any atom is -0.494 e. The van der Waals surface area contributed by atoms with Crippen LogP contribution in [0.15, 0.2) is 67.3 Å². The molecule has 0 aliphatic rings. The van der Waals surface area contributed by atoms with Gasteiger partial charge in [0, 0.05) is 30.6 Å². The molecule has 31 heavy (non-hydrogen) atoms. The summed E-state index contributed by atoms with van der Waals surface area (Å²) in [6.45, 7) is 0. The Morgan fingerprint density at radius 2 is 1.81 bits per heavy atom. The van der Waals surface area contributed by atoms with Crippen LogP contribution in [0, 0.1) is 15.9 Å². The van der Waals surface area contributed by atoms with E-state index in [1.54, 1.807) is 16.9 Å². The molecular formula is C20H16FN7O3. The molecule has 156 valence electrons. The number of anilines is 4. The fraction of sp³-hybridized carbons (Fsp3) is 0.0500. The van der Waals surface area contributed by atoms with Crippen LogP contribution in [0.5, 0.6) is 5.75 Å². The Bertz CT molecular complexity index is 1230. The number of methoxy groups -OCH3 is 1. The fourth-order valence-corrected chi connectivity index (χ4v) is 2.91. The van der Waals surface area contributed by atoms with Gasteiger partial charge in [0.15, 0.2) is 0 Å². The minimum atomic E-state index is -0.993. The molecule has 0 spiro atoms. The number of nitrogens with one attached hydrogen (secondary N) is 2. The van der Waals surface area contributed by atoms with E-state index in [9.17, 15) is 14.5 Å². The summed E-state index contributed by atoms with van der Waals surface area (Å²) in [6.07, 6.45) is 4.82. The predicted octanol–water partition coefficient (Wildman–Crippen LogP) is 4.21. The van der Waals surface area contributed by atoms with Crippen molar-refractivity contribution in [3.8, 4) is 11.4 Å². The Morgan fingerprint density at radius 1 is 1.06 bits per heavy atom. The number of ether oxygens (including phenoxy) is 1. The first-order valence-electron chi connectivity index (χ1n) is 9.02. The van der Waals surface area contributed by atoms with E-state index in [-0.39, 0.29) is 11.4 Å². The van der Waals surface area contributed by atoms with Crippen molar-refractivity contribution >= 4 is 28.7 Å². The Kier molecular flexibility index (Phi) is 5.39. The molecule has 10 nitrogen and oxygen atoms in total. The number of rotatable bonds is 7. The summed E-state index contributed by atoms with van der Waals surface area (Å²) in [5.74, 6) is -0.103. The first kappa shape index (κ1) is 19.8. The van der Waals surface area contributed by atoms with E-state index in [4.69, 9.17) is 4.74 Å². The van der Waals surface area contributed by atoms with Crippen LogP contribution >= 0.6 is 0 Å². The van der Waals surface area contributed by atoms with Gasteiger partial charge in [-0.25, -0.2) is 14.6 Å². The molecule has 11 heteroatoms. The lowest BCUT2D eigenvalue weighted by Crippen LogP contribution is -2.04. The van der Waals surface area contributed by atoms with Crippen molar-refractivity contribution < 1.29 is 14.1 Å². The highest BCUT2D eigenvalue weighted by Crippen LogP contribution is 2.34. The highest BCUT2D eigenvalue weighted by molar-refractivity contribution is 5.71. The molecule has 0 aliphatic heterocycles. The van der Waals surface area contributed by atoms with Crippen molar-refractivity contribution in [3.05, 3.63) is 83.2 Å². The molecule has 2 heterocycles. The highest BCUT2D eigenvalue weighted by Gasteiger charge is 2.19. The van der Waals surface area contributed by atoms with E-state index in [1.807, 2.05) is 36.5 Å². The second kappa shape index (κ2) is 8.45. The summed E-state index contributed by atoms with van der Waals surface area (Å²) in [6, 6.07) is 13.0. The van der Waals surface area contributed by atoms with Crippen LogP contribution in [0.1, 0.15) is 0 Å². The van der Waals surface area contributed by atoms with Gasteiger partial charge in [-0.3, -0.25) is 10.1 Å². The molecule has 0 amide bonds. The van der Waals surface area contributed by atoms with Gasteiger partial charge >= 0.3 is 5.69 Å². The molecule has 2 aromatic carbocycles. The van der Waals surface area contributed by atoms with Gasteiger partial charge in [0.05, 0.1) is 29.1 Å². The summed E-state index contributed by atoms with van der Waals surface area (Å²) in [5, 5.41) is 21.4. The molecule has 0 fully saturated rings. The van der Waals surface area contributed by atoms with Gasteiger partial charge in [0.2, 0.25) is 5.82 Å². The van der Waals surface area contributed by atoms with Crippen LogP contribution in [0.4, 0.5) is 33.1 Å². The van der Waals surface area contributed by atoms with E-state index >= 15 is 0 Å². The van der Waals surface area contributed by atoms with Crippen LogP contribution < -0.4 is 15.4 Å². The molecule has 2 N–H and O–H groups in total. The van der Waals surface area contributed by atoms with E-state index < -0.39 is 16.4 Å². The number of aromatic nitrogens is 4. The summed E-state index contributed by atoms with van der Waals surface area (Å²) >= 11 is 0. The SMILES string of the molecule is COc1cc(F)c([N+](=O)[O-])cc1Nc1cc(Nc2ccccc2-n2cccn2)ncn1. The molecule has 2 aromatic heterocycles. The third-order valence-electron chi connectivity index (χ3n) is 4.31. The largest absolute Gasteiger partial charge is 0.494 e. The van der Waals surface area contributed by atoms with Crippen molar-refractivity contribution in [2.24, 2.45) is 0 Å². The molecule has 0 bridgehead atoms. The number of hydrogen-bond acceptors (Lipinski definition) is 8. The van der Waals surface area contributed by atoms with Gasteiger partial charge < -0.3 is 15.4 Å². The maximum absolute atomic E-state index is 13.9. The third-order valence-corrected chi connectivity index (χ3v) is 4.31. The van der Waals surface area contributed by atoms with Crippen molar-refractivity contribution in [2.75, 3.05) is 17.7 Å². The monoisotopic (exact) mass is 421 g/mol. The zero-order valence-corrected chi connectivity index (χ0v) is 16.2. The number of halogens is 1. The quantitative estimate of drug-likeness (QED) is 0.336. The van der Waals surface area contributed by atoms with Gasteiger partial charge in [-0.05, 0) is 18.2 Å². The lowest BCUT2D eigenvalue weighted by atomic mass is 10.2. The zero-order chi connectivity index (χ0) is 21.8. The van der Waals surface area contributed by atoms with Crippen molar-refractivity contribution in [1.82, 2.24) is 19.7 Å². The first-order chi connectivity index (χ1) is 15.0. The van der Waals surface area contributed by atoms with Crippen LogP contribution in [0.3, 0.4) is 0 Å². The van der Waals surface area contributed by atoms with Gasteiger partial charge in [0.1, 0.15) is 23.7 Å². The van der Waals surface area contributed by atoms with Crippen molar-refractivity contribution in [3.63, 3.8) is 0 Å². The van der Waals surface area contributed by atoms with Crippen LogP contribution in [-0.4, -0.2) is 31.8 Å². The van der Waals surface area contributed by atoms with Gasteiger partial charge in [0.25, 0.3) is 0 Å². The number of nitrogens with zero attached hydrogens (tertiary/aromatic N) is 5. The summed E-state index contributed by atoms with van der Waals surface area (Å²) in [4.78, 5) is 18.6. The lowest BCUT2D eigenvalue weighted by Gasteiger charge is -2.13. The summed E-state index contributed by atoms with van der Waals surface area (Å²) in [5.41, 5.74) is 1.09. The average Bonchev–Trinajstić information content (AvgIpc) is 3.30. The number of nitro benzene ring substituents is 1. The molecule has 4 aromatic rings. The van der Waals surface area contributed by atoms with Crippen molar-refractivity contribution in [2.45, 2.75) is 0 Å².